The van der Waals surface area contributed by atoms with Crippen molar-refractivity contribution in [3.05, 3.63) is 60.7 Å². The minimum Gasteiger partial charge on any atom is -0.497 e. The van der Waals surface area contributed by atoms with Gasteiger partial charge >= 0.3 is 0 Å². The van der Waals surface area contributed by atoms with Gasteiger partial charge in [0.25, 0.3) is 5.91 Å². The third-order valence-electron chi connectivity index (χ3n) is 4.07. The monoisotopic (exact) mass is 351 g/mol. The van der Waals surface area contributed by atoms with Crippen molar-refractivity contribution < 1.29 is 19.0 Å². The average Bonchev–Trinajstić information content (AvgIpc) is 2.67. The Labute approximate surface area is 152 Å². The van der Waals surface area contributed by atoms with Crippen molar-refractivity contribution in [2.75, 3.05) is 19.5 Å². The molecule has 0 saturated carbocycles. The molecular weight excluding hydrogens is 330 g/mol. The third kappa shape index (κ3) is 3.88. The summed E-state index contributed by atoms with van der Waals surface area (Å²) in [5.41, 5.74) is 0.610. The Morgan fingerprint density at radius 1 is 0.885 bits per heavy atom. The van der Waals surface area contributed by atoms with Crippen LogP contribution >= 0.6 is 0 Å². The van der Waals surface area contributed by atoms with Gasteiger partial charge in [-0.3, -0.25) is 4.79 Å². The summed E-state index contributed by atoms with van der Waals surface area (Å²) in [5, 5.41) is 4.89. The van der Waals surface area contributed by atoms with Crippen LogP contribution in [0.4, 0.5) is 5.69 Å². The largest absolute Gasteiger partial charge is 0.497 e. The molecule has 0 aliphatic rings. The van der Waals surface area contributed by atoms with Crippen LogP contribution in [0.15, 0.2) is 60.7 Å². The van der Waals surface area contributed by atoms with Crippen molar-refractivity contribution in [3.63, 3.8) is 0 Å². The first-order chi connectivity index (χ1) is 12.6. The number of rotatable bonds is 6. The Kier molecular flexibility index (Phi) is 5.27. The molecule has 0 fully saturated rings. The number of ether oxygens (including phenoxy) is 3. The molecule has 1 atom stereocenters. The molecule has 0 aromatic heterocycles. The van der Waals surface area contributed by atoms with Crippen molar-refractivity contribution in [1.82, 2.24) is 0 Å². The summed E-state index contributed by atoms with van der Waals surface area (Å²) >= 11 is 0. The Morgan fingerprint density at radius 3 is 2.31 bits per heavy atom. The predicted octanol–water partition coefficient (Wildman–Crippen LogP) is 4.26. The van der Waals surface area contributed by atoms with E-state index in [-0.39, 0.29) is 5.91 Å². The molecule has 3 aromatic rings. The van der Waals surface area contributed by atoms with E-state index in [0.717, 1.165) is 16.5 Å². The quantitative estimate of drug-likeness (QED) is 0.721. The molecule has 5 nitrogen and oxygen atoms in total. The van der Waals surface area contributed by atoms with Crippen LogP contribution in [0.5, 0.6) is 17.2 Å². The number of amides is 1. The maximum absolute atomic E-state index is 12.4. The van der Waals surface area contributed by atoms with Gasteiger partial charge in [0.2, 0.25) is 0 Å². The lowest BCUT2D eigenvalue weighted by atomic mass is 10.1. The minimum absolute atomic E-state index is 0.250. The summed E-state index contributed by atoms with van der Waals surface area (Å²) < 4.78 is 16.3. The number of para-hydroxylation sites is 2. The Morgan fingerprint density at radius 2 is 1.58 bits per heavy atom. The van der Waals surface area contributed by atoms with E-state index in [4.69, 9.17) is 14.2 Å². The van der Waals surface area contributed by atoms with Crippen molar-refractivity contribution in [1.29, 1.82) is 0 Å². The van der Waals surface area contributed by atoms with Gasteiger partial charge in [-0.2, -0.15) is 0 Å². The number of anilines is 1. The number of fused-ring (bicyclic) bond motifs is 1. The molecule has 0 saturated heterocycles. The topological polar surface area (TPSA) is 56.8 Å². The minimum atomic E-state index is -0.664. The van der Waals surface area contributed by atoms with Crippen molar-refractivity contribution >= 4 is 22.4 Å². The molecular formula is C21H21NO4. The number of benzene rings is 3. The normalized spacial score (nSPS) is 11.7. The highest BCUT2D eigenvalue weighted by Crippen LogP contribution is 2.26. The first-order valence-electron chi connectivity index (χ1n) is 8.29. The Bertz CT molecular complexity index is 923. The van der Waals surface area contributed by atoms with Gasteiger partial charge < -0.3 is 19.5 Å². The van der Waals surface area contributed by atoms with Gasteiger partial charge in [-0.25, -0.2) is 0 Å². The van der Waals surface area contributed by atoms with Crippen LogP contribution in [0.2, 0.25) is 0 Å². The molecule has 134 valence electrons. The fourth-order valence-electron chi connectivity index (χ4n) is 2.64. The van der Waals surface area contributed by atoms with E-state index in [9.17, 15) is 4.79 Å². The Balaban J connectivity index is 1.73. The maximum atomic E-state index is 12.4. The number of hydrogen-bond donors (Lipinski definition) is 1. The van der Waals surface area contributed by atoms with Crippen LogP contribution in [0.1, 0.15) is 6.92 Å². The standard InChI is InChI=1S/C21H21NO4/c1-14(21(23)22-19-6-4-5-7-20(19)25-3)26-18-11-9-15-8-10-17(24-2)12-16(15)13-18/h4-14H,1-3H3,(H,22,23)/t14-/m1/s1. The summed E-state index contributed by atoms with van der Waals surface area (Å²) in [6.45, 7) is 1.71. The van der Waals surface area contributed by atoms with Gasteiger partial charge in [0.05, 0.1) is 19.9 Å². The summed E-state index contributed by atoms with van der Waals surface area (Å²) in [6.07, 6.45) is -0.664. The van der Waals surface area contributed by atoms with E-state index in [1.807, 2.05) is 48.5 Å². The molecule has 1 amide bonds. The molecule has 0 unspecified atom stereocenters. The number of carbonyl (C=O) groups is 1. The lowest BCUT2D eigenvalue weighted by molar-refractivity contribution is -0.122. The SMILES string of the molecule is COc1ccc2ccc(O[C@H](C)C(=O)Nc3ccccc3OC)cc2c1. The lowest BCUT2D eigenvalue weighted by Crippen LogP contribution is -2.30. The molecule has 3 aromatic carbocycles. The first-order valence-corrected chi connectivity index (χ1v) is 8.29. The smallest absolute Gasteiger partial charge is 0.265 e. The van der Waals surface area contributed by atoms with Gasteiger partial charge in [0.15, 0.2) is 6.10 Å². The molecule has 3 rings (SSSR count). The van der Waals surface area contributed by atoms with Crippen LogP contribution in [0.25, 0.3) is 10.8 Å². The fourth-order valence-corrected chi connectivity index (χ4v) is 2.64. The highest BCUT2D eigenvalue weighted by atomic mass is 16.5. The molecule has 0 aliphatic heterocycles. The highest BCUT2D eigenvalue weighted by Gasteiger charge is 2.16. The van der Waals surface area contributed by atoms with Crippen molar-refractivity contribution in [2.24, 2.45) is 0 Å². The van der Waals surface area contributed by atoms with Gasteiger partial charge in [-0.1, -0.05) is 24.3 Å². The molecule has 1 N–H and O–H groups in total. The van der Waals surface area contributed by atoms with Gasteiger partial charge in [0.1, 0.15) is 17.2 Å². The first kappa shape index (κ1) is 17.6. The van der Waals surface area contributed by atoms with E-state index in [1.165, 1.54) is 0 Å². The second-order valence-corrected chi connectivity index (χ2v) is 5.82. The zero-order valence-electron chi connectivity index (χ0n) is 15.0. The maximum Gasteiger partial charge on any atom is 0.265 e. The molecule has 5 heteroatoms. The van der Waals surface area contributed by atoms with Gasteiger partial charge in [-0.15, -0.1) is 0 Å². The molecule has 0 radical (unpaired) electrons. The van der Waals surface area contributed by atoms with E-state index >= 15 is 0 Å². The molecule has 0 bridgehead atoms. The molecule has 0 aliphatic carbocycles. The summed E-state index contributed by atoms with van der Waals surface area (Å²) in [6, 6.07) is 18.8. The van der Waals surface area contributed by atoms with Crippen LogP contribution in [0, 0.1) is 0 Å². The van der Waals surface area contributed by atoms with Gasteiger partial charge in [-0.05, 0) is 54.1 Å². The number of methoxy groups -OCH3 is 2. The van der Waals surface area contributed by atoms with E-state index in [2.05, 4.69) is 5.32 Å². The van der Waals surface area contributed by atoms with Crippen LogP contribution < -0.4 is 19.5 Å². The third-order valence-corrected chi connectivity index (χ3v) is 4.07. The van der Waals surface area contributed by atoms with Crippen LogP contribution in [-0.4, -0.2) is 26.2 Å². The lowest BCUT2D eigenvalue weighted by Gasteiger charge is -2.16. The second-order valence-electron chi connectivity index (χ2n) is 5.82. The number of hydrogen-bond acceptors (Lipinski definition) is 4. The second kappa shape index (κ2) is 7.78. The van der Waals surface area contributed by atoms with E-state index in [1.54, 1.807) is 33.3 Å². The van der Waals surface area contributed by atoms with Crippen LogP contribution in [-0.2, 0) is 4.79 Å². The molecule has 0 heterocycles. The average molecular weight is 351 g/mol. The molecule has 26 heavy (non-hydrogen) atoms. The highest BCUT2D eigenvalue weighted by molar-refractivity contribution is 5.95. The van der Waals surface area contributed by atoms with E-state index in [0.29, 0.717) is 17.2 Å². The molecule has 0 spiro atoms. The Hall–Kier alpha value is -3.21. The number of carbonyl (C=O) groups excluding carboxylic acids is 1. The zero-order chi connectivity index (χ0) is 18.5. The van der Waals surface area contributed by atoms with Crippen molar-refractivity contribution in [3.8, 4) is 17.2 Å². The summed E-state index contributed by atoms with van der Waals surface area (Å²) in [5.74, 6) is 1.75. The van der Waals surface area contributed by atoms with Gasteiger partial charge in [0, 0.05) is 0 Å². The fraction of sp³-hybridized carbons (Fsp3) is 0.190. The summed E-state index contributed by atoms with van der Waals surface area (Å²) in [7, 11) is 3.19. The van der Waals surface area contributed by atoms with E-state index < -0.39 is 6.10 Å². The van der Waals surface area contributed by atoms with Crippen molar-refractivity contribution in [2.45, 2.75) is 13.0 Å². The number of nitrogens with one attached hydrogen (secondary N) is 1. The summed E-state index contributed by atoms with van der Waals surface area (Å²) in [4.78, 5) is 12.4. The zero-order valence-corrected chi connectivity index (χ0v) is 15.0. The van der Waals surface area contributed by atoms with Crippen LogP contribution in [0.3, 0.4) is 0 Å². The predicted molar refractivity (Wildman–Crippen MR) is 102 cm³/mol.